The summed E-state index contributed by atoms with van der Waals surface area (Å²) in [7, 11) is 0. The van der Waals surface area contributed by atoms with Crippen LogP contribution < -0.4 is 10.6 Å². The number of hydrogen-bond donors (Lipinski definition) is 2. The summed E-state index contributed by atoms with van der Waals surface area (Å²) >= 11 is 0. The second-order valence-electron chi connectivity index (χ2n) is 4.57. The molecule has 0 aromatic heterocycles. The van der Waals surface area contributed by atoms with Crippen molar-refractivity contribution in [1.29, 1.82) is 0 Å². The lowest BCUT2D eigenvalue weighted by Crippen LogP contribution is -2.21. The van der Waals surface area contributed by atoms with Gasteiger partial charge in [0.25, 0.3) is 5.69 Å². The molecular formula is C11H12FN3O2. The zero-order chi connectivity index (χ0) is 12.0. The molecule has 2 N–H and O–H groups in total. The third-order valence-electron chi connectivity index (χ3n) is 3.57. The van der Waals surface area contributed by atoms with E-state index < -0.39 is 10.7 Å². The van der Waals surface area contributed by atoms with E-state index in [2.05, 4.69) is 10.6 Å². The zero-order valence-electron chi connectivity index (χ0n) is 9.02. The van der Waals surface area contributed by atoms with Crippen LogP contribution in [0.15, 0.2) is 18.2 Å². The Bertz CT molecular complexity index is 470. The zero-order valence-corrected chi connectivity index (χ0v) is 9.02. The number of halogens is 1. The molecule has 2 aliphatic rings. The fourth-order valence-electron chi connectivity index (χ4n) is 2.60. The predicted octanol–water partition coefficient (Wildman–Crippen LogP) is 1.36. The molecule has 0 bridgehead atoms. The molecule has 90 valence electrons. The van der Waals surface area contributed by atoms with E-state index in [1.165, 1.54) is 12.1 Å². The van der Waals surface area contributed by atoms with E-state index in [0.717, 1.165) is 19.2 Å². The van der Waals surface area contributed by atoms with E-state index in [9.17, 15) is 14.5 Å². The van der Waals surface area contributed by atoms with E-state index in [1.807, 2.05) is 0 Å². The van der Waals surface area contributed by atoms with Crippen LogP contribution in [-0.4, -0.2) is 24.1 Å². The average Bonchev–Trinajstić information content (AvgIpc) is 2.74. The first kappa shape index (κ1) is 10.5. The van der Waals surface area contributed by atoms with Crippen LogP contribution in [0.5, 0.6) is 0 Å². The van der Waals surface area contributed by atoms with Gasteiger partial charge in [0, 0.05) is 31.3 Å². The predicted molar refractivity (Wildman–Crippen MR) is 60.3 cm³/mol. The lowest BCUT2D eigenvalue weighted by atomic mass is 10.2. The van der Waals surface area contributed by atoms with Crippen LogP contribution in [0.1, 0.15) is 0 Å². The van der Waals surface area contributed by atoms with Gasteiger partial charge in [-0.2, -0.15) is 0 Å². The van der Waals surface area contributed by atoms with Crippen LogP contribution in [0.4, 0.5) is 15.8 Å². The minimum absolute atomic E-state index is 0.0654. The van der Waals surface area contributed by atoms with Gasteiger partial charge >= 0.3 is 0 Å². The Kier molecular flexibility index (Phi) is 2.25. The van der Waals surface area contributed by atoms with Crippen molar-refractivity contribution in [2.24, 2.45) is 11.8 Å². The van der Waals surface area contributed by atoms with Gasteiger partial charge in [-0.3, -0.25) is 10.1 Å². The number of benzene rings is 1. The van der Waals surface area contributed by atoms with Gasteiger partial charge in [0.2, 0.25) is 0 Å². The Balaban J connectivity index is 1.82. The molecule has 1 saturated carbocycles. The van der Waals surface area contributed by atoms with Crippen molar-refractivity contribution in [1.82, 2.24) is 5.32 Å². The van der Waals surface area contributed by atoms with Gasteiger partial charge < -0.3 is 10.6 Å². The van der Waals surface area contributed by atoms with Crippen LogP contribution in [0.3, 0.4) is 0 Å². The van der Waals surface area contributed by atoms with Gasteiger partial charge in [-0.05, 0) is 17.9 Å². The van der Waals surface area contributed by atoms with Gasteiger partial charge in [-0.15, -0.1) is 0 Å². The van der Waals surface area contributed by atoms with Crippen molar-refractivity contribution in [2.75, 3.05) is 18.4 Å². The Hall–Kier alpha value is -1.69. The SMILES string of the molecule is O=[N+]([O-])c1ccc(F)cc1NC1C2CNCC21. The second-order valence-corrected chi connectivity index (χ2v) is 4.57. The molecule has 1 heterocycles. The first-order chi connectivity index (χ1) is 8.16. The molecule has 1 aromatic carbocycles. The van der Waals surface area contributed by atoms with Gasteiger partial charge in [0.05, 0.1) is 4.92 Å². The highest BCUT2D eigenvalue weighted by Gasteiger charge is 2.53. The second kappa shape index (κ2) is 3.66. The van der Waals surface area contributed by atoms with Gasteiger partial charge in [0.1, 0.15) is 11.5 Å². The summed E-state index contributed by atoms with van der Waals surface area (Å²) in [6.07, 6.45) is 0. The summed E-state index contributed by atoms with van der Waals surface area (Å²) < 4.78 is 13.1. The number of anilines is 1. The number of piperidine rings is 1. The molecule has 0 amide bonds. The van der Waals surface area contributed by atoms with Gasteiger partial charge in [-0.1, -0.05) is 0 Å². The molecule has 2 unspecified atom stereocenters. The summed E-state index contributed by atoms with van der Waals surface area (Å²) in [6, 6.07) is 3.75. The van der Waals surface area contributed by atoms with Crippen molar-refractivity contribution in [3.8, 4) is 0 Å². The van der Waals surface area contributed by atoms with Crippen molar-refractivity contribution in [2.45, 2.75) is 6.04 Å². The molecule has 2 atom stereocenters. The minimum Gasteiger partial charge on any atom is -0.376 e. The molecular weight excluding hydrogens is 225 g/mol. The van der Waals surface area contributed by atoms with Crippen molar-refractivity contribution in [3.05, 3.63) is 34.1 Å². The van der Waals surface area contributed by atoms with E-state index >= 15 is 0 Å². The molecule has 0 radical (unpaired) electrons. The Morgan fingerprint density at radius 1 is 1.41 bits per heavy atom. The minimum atomic E-state index is -0.488. The highest BCUT2D eigenvalue weighted by atomic mass is 19.1. The number of rotatable bonds is 3. The molecule has 6 heteroatoms. The Morgan fingerprint density at radius 2 is 2.12 bits per heavy atom. The summed E-state index contributed by atoms with van der Waals surface area (Å²) in [4.78, 5) is 10.3. The third-order valence-corrected chi connectivity index (χ3v) is 3.57. The summed E-state index contributed by atoms with van der Waals surface area (Å²) in [6.45, 7) is 1.87. The summed E-state index contributed by atoms with van der Waals surface area (Å²) in [5.74, 6) is 0.595. The third kappa shape index (κ3) is 1.74. The van der Waals surface area contributed by atoms with Crippen LogP contribution in [-0.2, 0) is 0 Å². The van der Waals surface area contributed by atoms with E-state index in [-0.39, 0.29) is 17.4 Å². The van der Waals surface area contributed by atoms with Crippen LogP contribution in [0.2, 0.25) is 0 Å². The number of nitro groups is 1. The quantitative estimate of drug-likeness (QED) is 0.615. The lowest BCUT2D eigenvalue weighted by Gasteiger charge is -2.09. The molecule has 3 rings (SSSR count). The normalized spacial score (nSPS) is 29.8. The van der Waals surface area contributed by atoms with E-state index in [0.29, 0.717) is 11.8 Å². The lowest BCUT2D eigenvalue weighted by molar-refractivity contribution is -0.384. The fourth-order valence-corrected chi connectivity index (χ4v) is 2.60. The maximum absolute atomic E-state index is 13.1. The number of fused-ring (bicyclic) bond motifs is 1. The smallest absolute Gasteiger partial charge is 0.292 e. The molecule has 2 fully saturated rings. The van der Waals surface area contributed by atoms with E-state index in [1.54, 1.807) is 0 Å². The molecule has 1 aromatic rings. The maximum Gasteiger partial charge on any atom is 0.292 e. The van der Waals surface area contributed by atoms with Crippen molar-refractivity contribution >= 4 is 11.4 Å². The number of nitrogens with zero attached hydrogens (tertiary/aromatic N) is 1. The highest BCUT2D eigenvalue weighted by Crippen LogP contribution is 2.44. The summed E-state index contributed by atoms with van der Waals surface area (Å²) in [5.41, 5.74) is 0.221. The van der Waals surface area contributed by atoms with E-state index in [4.69, 9.17) is 0 Å². The maximum atomic E-state index is 13.1. The number of nitro benzene ring substituents is 1. The summed E-state index contributed by atoms with van der Waals surface area (Å²) in [5, 5.41) is 17.1. The standard InChI is InChI=1S/C11H12FN3O2/c12-6-1-2-10(15(16)17)9(3-6)14-11-7-4-13-5-8(7)11/h1-3,7-8,11,13-14H,4-5H2. The number of nitrogens with one attached hydrogen (secondary N) is 2. The van der Waals surface area contributed by atoms with Gasteiger partial charge in [0.15, 0.2) is 0 Å². The molecule has 1 aliphatic carbocycles. The Morgan fingerprint density at radius 3 is 2.76 bits per heavy atom. The molecule has 0 spiro atoms. The molecule has 1 aliphatic heterocycles. The first-order valence-electron chi connectivity index (χ1n) is 5.58. The average molecular weight is 237 g/mol. The largest absolute Gasteiger partial charge is 0.376 e. The number of hydrogen-bond acceptors (Lipinski definition) is 4. The topological polar surface area (TPSA) is 67.2 Å². The van der Waals surface area contributed by atoms with Crippen molar-refractivity contribution < 1.29 is 9.31 Å². The highest BCUT2D eigenvalue weighted by molar-refractivity contribution is 5.62. The first-order valence-corrected chi connectivity index (χ1v) is 5.58. The fraction of sp³-hybridized carbons (Fsp3) is 0.455. The van der Waals surface area contributed by atoms with Crippen molar-refractivity contribution in [3.63, 3.8) is 0 Å². The van der Waals surface area contributed by atoms with Crippen LogP contribution >= 0.6 is 0 Å². The molecule has 1 saturated heterocycles. The monoisotopic (exact) mass is 237 g/mol. The Labute approximate surface area is 97.2 Å². The van der Waals surface area contributed by atoms with Crippen LogP contribution in [0, 0.1) is 27.8 Å². The van der Waals surface area contributed by atoms with Gasteiger partial charge in [-0.25, -0.2) is 4.39 Å². The molecule has 17 heavy (non-hydrogen) atoms. The molecule has 5 nitrogen and oxygen atoms in total. The van der Waals surface area contributed by atoms with Crippen LogP contribution in [0.25, 0.3) is 0 Å².